The van der Waals surface area contributed by atoms with Gasteiger partial charge in [0.1, 0.15) is 19.0 Å². The molecule has 0 aliphatic carbocycles. The maximum absolute atomic E-state index is 12.6. The molecular weight excluding hydrogens is 181 g/mol. The van der Waals surface area contributed by atoms with Gasteiger partial charge in [0.2, 0.25) is 0 Å². The standard InChI is InChI=1S/C11H14FNO/c1-8-5-11-10(6-9(8)7-12)13(2)3-4-14-11/h5-6H,3-4,7H2,1-2H3. The highest BCUT2D eigenvalue weighted by atomic mass is 19.1. The van der Waals surface area contributed by atoms with Crippen LogP contribution in [-0.2, 0) is 6.67 Å². The van der Waals surface area contributed by atoms with Gasteiger partial charge in [0, 0.05) is 7.05 Å². The molecule has 1 aliphatic rings. The van der Waals surface area contributed by atoms with E-state index >= 15 is 0 Å². The summed E-state index contributed by atoms with van der Waals surface area (Å²) in [5, 5.41) is 0. The molecule has 1 aromatic carbocycles. The Labute approximate surface area is 83.3 Å². The van der Waals surface area contributed by atoms with Gasteiger partial charge in [-0.2, -0.15) is 0 Å². The van der Waals surface area contributed by atoms with Crippen molar-refractivity contribution in [2.24, 2.45) is 0 Å². The Kier molecular flexibility index (Phi) is 2.32. The van der Waals surface area contributed by atoms with Gasteiger partial charge in [-0.25, -0.2) is 4.39 Å². The Bertz CT molecular complexity index is 351. The Morgan fingerprint density at radius 2 is 2.29 bits per heavy atom. The summed E-state index contributed by atoms with van der Waals surface area (Å²) in [6, 6.07) is 3.80. The highest BCUT2D eigenvalue weighted by Gasteiger charge is 2.16. The number of hydrogen-bond donors (Lipinski definition) is 0. The van der Waals surface area contributed by atoms with E-state index in [-0.39, 0.29) is 0 Å². The lowest BCUT2D eigenvalue weighted by molar-refractivity contribution is 0.310. The molecule has 2 nitrogen and oxygen atoms in total. The Balaban J connectivity index is 2.49. The average molecular weight is 195 g/mol. The Morgan fingerprint density at radius 3 is 3.00 bits per heavy atom. The largest absolute Gasteiger partial charge is 0.490 e. The molecule has 1 heterocycles. The molecule has 0 radical (unpaired) electrons. The molecule has 0 saturated carbocycles. The van der Waals surface area contributed by atoms with E-state index in [0.717, 1.165) is 29.1 Å². The molecule has 14 heavy (non-hydrogen) atoms. The summed E-state index contributed by atoms with van der Waals surface area (Å²) in [5.41, 5.74) is 2.71. The highest BCUT2D eigenvalue weighted by molar-refractivity contribution is 5.62. The van der Waals surface area contributed by atoms with Crippen molar-refractivity contribution in [3.63, 3.8) is 0 Å². The quantitative estimate of drug-likeness (QED) is 0.681. The molecule has 0 saturated heterocycles. The molecule has 1 aromatic rings. The number of alkyl halides is 1. The zero-order valence-corrected chi connectivity index (χ0v) is 8.51. The lowest BCUT2D eigenvalue weighted by Gasteiger charge is -2.28. The van der Waals surface area contributed by atoms with Gasteiger partial charge in [-0.05, 0) is 30.2 Å². The van der Waals surface area contributed by atoms with Crippen molar-refractivity contribution in [3.05, 3.63) is 23.3 Å². The number of benzene rings is 1. The lowest BCUT2D eigenvalue weighted by atomic mass is 10.1. The molecule has 0 N–H and O–H groups in total. The smallest absolute Gasteiger partial charge is 0.142 e. The van der Waals surface area contributed by atoms with Crippen LogP contribution in [0.1, 0.15) is 11.1 Å². The van der Waals surface area contributed by atoms with E-state index < -0.39 is 6.67 Å². The predicted octanol–water partition coefficient (Wildman–Crippen LogP) is 2.29. The maximum Gasteiger partial charge on any atom is 0.142 e. The number of nitrogens with zero attached hydrogens (tertiary/aromatic N) is 1. The van der Waals surface area contributed by atoms with E-state index in [4.69, 9.17) is 4.74 Å². The van der Waals surface area contributed by atoms with Crippen LogP contribution >= 0.6 is 0 Å². The van der Waals surface area contributed by atoms with Crippen molar-refractivity contribution in [2.75, 3.05) is 25.1 Å². The summed E-state index contributed by atoms with van der Waals surface area (Å²) in [4.78, 5) is 2.09. The van der Waals surface area contributed by atoms with Crippen LogP contribution in [0.25, 0.3) is 0 Å². The van der Waals surface area contributed by atoms with Crippen LogP contribution in [0, 0.1) is 6.92 Å². The van der Waals surface area contributed by atoms with E-state index in [1.54, 1.807) is 0 Å². The summed E-state index contributed by atoms with van der Waals surface area (Å²) in [5.74, 6) is 0.869. The van der Waals surface area contributed by atoms with Crippen LogP contribution in [0.3, 0.4) is 0 Å². The molecule has 3 heteroatoms. The lowest BCUT2D eigenvalue weighted by Crippen LogP contribution is -2.28. The second-order valence-electron chi connectivity index (χ2n) is 3.65. The Morgan fingerprint density at radius 1 is 1.50 bits per heavy atom. The van der Waals surface area contributed by atoms with Crippen LogP contribution in [0.5, 0.6) is 5.75 Å². The number of likely N-dealkylation sites (N-methyl/N-ethyl adjacent to an activating group) is 1. The van der Waals surface area contributed by atoms with Gasteiger partial charge in [0.05, 0.1) is 12.2 Å². The molecule has 1 aliphatic heterocycles. The second kappa shape index (κ2) is 3.48. The maximum atomic E-state index is 12.6. The summed E-state index contributed by atoms with van der Waals surface area (Å²) < 4.78 is 18.1. The van der Waals surface area contributed by atoms with Gasteiger partial charge < -0.3 is 9.64 Å². The minimum Gasteiger partial charge on any atom is -0.490 e. The number of aryl methyl sites for hydroxylation is 1. The van der Waals surface area contributed by atoms with Crippen molar-refractivity contribution in [1.29, 1.82) is 0 Å². The Hall–Kier alpha value is -1.25. The first-order valence-corrected chi connectivity index (χ1v) is 4.76. The fourth-order valence-electron chi connectivity index (χ4n) is 1.68. The van der Waals surface area contributed by atoms with Crippen LogP contribution in [0.15, 0.2) is 12.1 Å². The SMILES string of the molecule is Cc1cc2c(cc1CF)N(C)CCO2. The van der Waals surface area contributed by atoms with E-state index in [1.165, 1.54) is 0 Å². The van der Waals surface area contributed by atoms with Gasteiger partial charge in [-0.15, -0.1) is 0 Å². The van der Waals surface area contributed by atoms with Gasteiger partial charge >= 0.3 is 0 Å². The molecule has 0 amide bonds. The number of halogens is 1. The summed E-state index contributed by atoms with van der Waals surface area (Å²) in [6.45, 7) is 3.07. The van der Waals surface area contributed by atoms with Gasteiger partial charge in [0.25, 0.3) is 0 Å². The van der Waals surface area contributed by atoms with E-state index in [1.807, 2.05) is 26.1 Å². The number of ether oxygens (including phenoxy) is 1. The molecule has 0 atom stereocenters. The van der Waals surface area contributed by atoms with Gasteiger partial charge in [-0.1, -0.05) is 0 Å². The zero-order valence-electron chi connectivity index (χ0n) is 8.51. The molecule has 0 aromatic heterocycles. The van der Waals surface area contributed by atoms with Crippen molar-refractivity contribution < 1.29 is 9.13 Å². The third-order valence-electron chi connectivity index (χ3n) is 2.66. The van der Waals surface area contributed by atoms with Crippen molar-refractivity contribution in [2.45, 2.75) is 13.6 Å². The van der Waals surface area contributed by atoms with Crippen LogP contribution in [-0.4, -0.2) is 20.2 Å². The molecule has 0 bridgehead atoms. The molecule has 76 valence electrons. The van der Waals surface area contributed by atoms with Crippen LogP contribution in [0.2, 0.25) is 0 Å². The second-order valence-corrected chi connectivity index (χ2v) is 3.65. The first-order valence-electron chi connectivity index (χ1n) is 4.76. The van der Waals surface area contributed by atoms with Crippen LogP contribution < -0.4 is 9.64 Å². The minimum absolute atomic E-state index is 0.410. The third-order valence-corrected chi connectivity index (χ3v) is 2.66. The monoisotopic (exact) mass is 195 g/mol. The molecule has 2 rings (SSSR count). The average Bonchev–Trinajstić information content (AvgIpc) is 2.17. The fraction of sp³-hybridized carbons (Fsp3) is 0.455. The van der Waals surface area contributed by atoms with Gasteiger partial charge in [-0.3, -0.25) is 0 Å². The molecule has 0 fully saturated rings. The topological polar surface area (TPSA) is 12.5 Å². The minimum atomic E-state index is -0.410. The first-order chi connectivity index (χ1) is 6.72. The van der Waals surface area contributed by atoms with Crippen molar-refractivity contribution >= 4 is 5.69 Å². The fourth-order valence-corrected chi connectivity index (χ4v) is 1.68. The van der Waals surface area contributed by atoms with E-state index in [0.29, 0.717) is 6.61 Å². The zero-order chi connectivity index (χ0) is 10.1. The van der Waals surface area contributed by atoms with E-state index in [9.17, 15) is 4.39 Å². The number of anilines is 1. The number of fused-ring (bicyclic) bond motifs is 1. The molecular formula is C11H14FNO. The van der Waals surface area contributed by atoms with Crippen LogP contribution in [0.4, 0.5) is 10.1 Å². The third kappa shape index (κ3) is 1.43. The summed E-state index contributed by atoms with van der Waals surface area (Å²) >= 11 is 0. The predicted molar refractivity (Wildman–Crippen MR) is 54.8 cm³/mol. The highest BCUT2D eigenvalue weighted by Crippen LogP contribution is 2.33. The van der Waals surface area contributed by atoms with Gasteiger partial charge in [0.15, 0.2) is 0 Å². The van der Waals surface area contributed by atoms with Crippen molar-refractivity contribution in [3.8, 4) is 5.75 Å². The number of rotatable bonds is 1. The number of hydrogen-bond acceptors (Lipinski definition) is 2. The van der Waals surface area contributed by atoms with E-state index in [2.05, 4.69) is 4.90 Å². The summed E-state index contributed by atoms with van der Waals surface area (Å²) in [6.07, 6.45) is 0. The molecule has 0 spiro atoms. The van der Waals surface area contributed by atoms with Crippen molar-refractivity contribution in [1.82, 2.24) is 0 Å². The normalized spacial score (nSPS) is 14.9. The first kappa shape index (κ1) is 9.31. The summed E-state index contributed by atoms with van der Waals surface area (Å²) in [7, 11) is 2.00. The molecule has 0 unspecified atom stereocenters.